The van der Waals surface area contributed by atoms with Crippen molar-refractivity contribution in [1.29, 1.82) is 0 Å². The summed E-state index contributed by atoms with van der Waals surface area (Å²) in [4.78, 5) is 1.24. The van der Waals surface area contributed by atoms with Crippen LogP contribution in [0.15, 0.2) is 39.3 Å². The third kappa shape index (κ3) is 4.30. The number of benzene rings is 1. The van der Waals surface area contributed by atoms with Gasteiger partial charge in [-0.2, -0.15) is 0 Å². The molecule has 0 aliphatic heterocycles. The van der Waals surface area contributed by atoms with Crippen LogP contribution in [0.5, 0.6) is 0 Å². The maximum absolute atomic E-state index is 6.06. The molecule has 2 rings (SSSR count). The molecule has 0 saturated carbocycles. The molecule has 1 heterocycles. The van der Waals surface area contributed by atoms with Gasteiger partial charge in [0.05, 0.1) is 10.4 Å². The van der Waals surface area contributed by atoms with Gasteiger partial charge in [0.1, 0.15) is 0 Å². The van der Waals surface area contributed by atoms with Gasteiger partial charge in [-0.15, -0.1) is 11.3 Å². The fourth-order valence-electron chi connectivity index (χ4n) is 1.90. The van der Waals surface area contributed by atoms with Crippen LogP contribution in [0, 0.1) is 0 Å². The quantitative estimate of drug-likeness (QED) is 0.620. The Labute approximate surface area is 139 Å². The third-order valence-corrected chi connectivity index (χ3v) is 4.91. The van der Waals surface area contributed by atoms with Gasteiger partial charge in [0.25, 0.3) is 0 Å². The number of hydrogen-bond acceptors (Lipinski definition) is 2. The average Bonchev–Trinajstić information content (AvgIpc) is 2.75. The fourth-order valence-corrected chi connectivity index (χ4v) is 4.39. The van der Waals surface area contributed by atoms with E-state index in [0.29, 0.717) is 0 Å². The van der Waals surface area contributed by atoms with Crippen molar-refractivity contribution in [3.63, 3.8) is 0 Å². The second-order valence-corrected chi connectivity index (χ2v) is 7.81. The Kier molecular flexibility index (Phi) is 5.90. The number of rotatable bonds is 5. The van der Waals surface area contributed by atoms with E-state index < -0.39 is 0 Å². The van der Waals surface area contributed by atoms with E-state index in [9.17, 15) is 0 Å². The molecule has 0 aliphatic carbocycles. The van der Waals surface area contributed by atoms with Crippen molar-refractivity contribution >= 4 is 54.8 Å². The van der Waals surface area contributed by atoms with E-state index in [0.717, 1.165) is 26.2 Å². The minimum Gasteiger partial charge on any atom is -0.306 e. The molecule has 0 spiro atoms. The molecule has 1 N–H and O–H groups in total. The van der Waals surface area contributed by atoms with Crippen molar-refractivity contribution in [2.24, 2.45) is 0 Å². The van der Waals surface area contributed by atoms with E-state index in [1.807, 2.05) is 12.1 Å². The van der Waals surface area contributed by atoms with E-state index >= 15 is 0 Å². The van der Waals surface area contributed by atoms with Crippen LogP contribution in [0.25, 0.3) is 0 Å². The van der Waals surface area contributed by atoms with Gasteiger partial charge in [0.15, 0.2) is 0 Å². The molecule has 0 radical (unpaired) electrons. The zero-order valence-corrected chi connectivity index (χ0v) is 15.2. The summed E-state index contributed by atoms with van der Waals surface area (Å²) in [6.07, 6.45) is 1.10. The van der Waals surface area contributed by atoms with E-state index in [4.69, 9.17) is 11.6 Å². The molecule has 1 aromatic carbocycles. The van der Waals surface area contributed by atoms with Crippen LogP contribution in [-0.2, 0) is 0 Å². The highest BCUT2D eigenvalue weighted by Crippen LogP contribution is 2.33. The summed E-state index contributed by atoms with van der Waals surface area (Å²) in [7, 11) is 0. The topological polar surface area (TPSA) is 12.0 Å². The smallest absolute Gasteiger partial charge is 0.0931 e. The first-order chi connectivity index (χ1) is 9.10. The van der Waals surface area contributed by atoms with Crippen LogP contribution in [0.2, 0.25) is 4.34 Å². The minimum absolute atomic E-state index is 0.186. The number of halogens is 3. The molecule has 19 heavy (non-hydrogen) atoms. The van der Waals surface area contributed by atoms with Gasteiger partial charge < -0.3 is 5.32 Å². The number of nitrogens with one attached hydrogen (secondary N) is 1. The first-order valence-electron chi connectivity index (χ1n) is 6.04. The highest BCUT2D eigenvalue weighted by atomic mass is 79.9. The normalized spacial score (nSPS) is 12.6. The van der Waals surface area contributed by atoms with Crippen LogP contribution < -0.4 is 5.32 Å². The van der Waals surface area contributed by atoms with Crippen molar-refractivity contribution in [2.45, 2.75) is 19.4 Å². The summed E-state index contributed by atoms with van der Waals surface area (Å²) in [5, 5.41) is 3.58. The molecule has 0 fully saturated rings. The maximum Gasteiger partial charge on any atom is 0.0931 e. The highest BCUT2D eigenvalue weighted by molar-refractivity contribution is 9.11. The number of thiophene rings is 1. The molecule has 5 heteroatoms. The summed E-state index contributed by atoms with van der Waals surface area (Å²) < 4.78 is 2.97. The van der Waals surface area contributed by atoms with Crippen molar-refractivity contribution in [2.75, 3.05) is 6.54 Å². The highest BCUT2D eigenvalue weighted by Gasteiger charge is 2.16. The van der Waals surface area contributed by atoms with E-state index in [1.165, 1.54) is 10.4 Å². The molecule has 1 aromatic heterocycles. The van der Waals surface area contributed by atoms with Crippen LogP contribution in [0.3, 0.4) is 0 Å². The molecule has 1 unspecified atom stereocenters. The van der Waals surface area contributed by atoms with Crippen molar-refractivity contribution in [1.82, 2.24) is 5.32 Å². The van der Waals surface area contributed by atoms with E-state index in [2.05, 4.69) is 62.3 Å². The van der Waals surface area contributed by atoms with Crippen LogP contribution in [0.4, 0.5) is 0 Å². The lowest BCUT2D eigenvalue weighted by Gasteiger charge is -2.18. The van der Waals surface area contributed by atoms with Crippen LogP contribution in [0.1, 0.15) is 29.8 Å². The predicted molar refractivity (Wildman–Crippen MR) is 91.3 cm³/mol. The molecule has 2 aromatic rings. The summed E-state index contributed by atoms with van der Waals surface area (Å²) in [5.41, 5.74) is 1.23. The largest absolute Gasteiger partial charge is 0.306 e. The third-order valence-electron chi connectivity index (χ3n) is 2.70. The molecule has 1 nitrogen and oxygen atoms in total. The SMILES string of the molecule is CCCNC(c1cc(Br)cc(Br)c1)c1ccc(Cl)s1. The molecule has 102 valence electrons. The Morgan fingerprint density at radius 1 is 1.21 bits per heavy atom. The monoisotopic (exact) mass is 421 g/mol. The van der Waals surface area contributed by atoms with Gasteiger partial charge in [-0.3, -0.25) is 0 Å². The Bertz CT molecular complexity index is 536. The Balaban J connectivity index is 2.36. The van der Waals surface area contributed by atoms with E-state index in [1.54, 1.807) is 11.3 Å². The van der Waals surface area contributed by atoms with Gasteiger partial charge in [-0.1, -0.05) is 50.4 Å². The first kappa shape index (κ1) is 15.5. The Hall–Kier alpha value is 0.130. The fraction of sp³-hybridized carbons (Fsp3) is 0.286. The van der Waals surface area contributed by atoms with Crippen molar-refractivity contribution in [3.05, 3.63) is 54.1 Å². The molecule has 0 saturated heterocycles. The second kappa shape index (κ2) is 7.23. The van der Waals surface area contributed by atoms with Crippen LogP contribution >= 0.6 is 54.8 Å². The summed E-state index contributed by atoms with van der Waals surface area (Å²) in [5.74, 6) is 0. The Morgan fingerprint density at radius 3 is 2.42 bits per heavy atom. The molecule has 0 bridgehead atoms. The summed E-state index contributed by atoms with van der Waals surface area (Å²) in [6.45, 7) is 3.15. The van der Waals surface area contributed by atoms with Crippen molar-refractivity contribution < 1.29 is 0 Å². The van der Waals surface area contributed by atoms with E-state index in [-0.39, 0.29) is 6.04 Å². The van der Waals surface area contributed by atoms with Gasteiger partial charge in [0.2, 0.25) is 0 Å². The summed E-state index contributed by atoms with van der Waals surface area (Å²) >= 11 is 14.8. The average molecular weight is 424 g/mol. The number of hydrogen-bond donors (Lipinski definition) is 1. The predicted octanol–water partition coefficient (Wildman–Crippen LogP) is 6.02. The van der Waals surface area contributed by atoms with Gasteiger partial charge >= 0.3 is 0 Å². The van der Waals surface area contributed by atoms with Gasteiger partial charge in [0, 0.05) is 13.8 Å². The summed E-state index contributed by atoms with van der Waals surface area (Å²) in [6, 6.07) is 10.6. The second-order valence-electron chi connectivity index (χ2n) is 4.23. The standard InChI is InChI=1S/C14H14Br2ClNS/c1-2-5-18-14(12-3-4-13(17)19-12)9-6-10(15)8-11(16)7-9/h3-4,6-8,14,18H,2,5H2,1H3. The lowest BCUT2D eigenvalue weighted by molar-refractivity contribution is 0.605. The molecule has 0 amide bonds. The zero-order chi connectivity index (χ0) is 13.8. The zero-order valence-electron chi connectivity index (χ0n) is 10.4. The Morgan fingerprint density at radius 2 is 1.89 bits per heavy atom. The van der Waals surface area contributed by atoms with Crippen LogP contribution in [-0.4, -0.2) is 6.54 Å². The molecular formula is C14H14Br2ClNS. The van der Waals surface area contributed by atoms with Gasteiger partial charge in [-0.05, 0) is 48.9 Å². The maximum atomic E-state index is 6.06. The van der Waals surface area contributed by atoms with Crippen molar-refractivity contribution in [3.8, 4) is 0 Å². The lowest BCUT2D eigenvalue weighted by atomic mass is 10.1. The minimum atomic E-state index is 0.186. The first-order valence-corrected chi connectivity index (χ1v) is 8.83. The molecular weight excluding hydrogens is 409 g/mol. The lowest BCUT2D eigenvalue weighted by Crippen LogP contribution is -2.22. The molecule has 1 atom stereocenters. The van der Waals surface area contributed by atoms with Gasteiger partial charge in [-0.25, -0.2) is 0 Å². The molecule has 0 aliphatic rings.